The minimum atomic E-state index is -0.408. The van der Waals surface area contributed by atoms with Gasteiger partial charge in [0.1, 0.15) is 11.7 Å². The van der Waals surface area contributed by atoms with Crippen molar-refractivity contribution < 1.29 is 13.8 Å². The summed E-state index contributed by atoms with van der Waals surface area (Å²) in [6.07, 6.45) is 1.54. The molecule has 0 unspecified atom stereocenters. The fourth-order valence-corrected chi connectivity index (χ4v) is 3.32. The highest BCUT2D eigenvalue weighted by atomic mass is 16.5. The molecule has 0 spiro atoms. The fraction of sp³-hybridized carbons (Fsp3) is 0.381. The average molecular weight is 418 g/mol. The Hall–Kier alpha value is -3.17. The number of nitrogen functional groups attached to an aromatic ring is 1. The lowest BCUT2D eigenvalue weighted by Gasteiger charge is -2.34. The quantitative estimate of drug-likeness (QED) is 0.423. The second-order valence-corrected chi connectivity index (χ2v) is 7.31. The molecule has 1 aromatic carbocycles. The van der Waals surface area contributed by atoms with E-state index in [9.17, 15) is 4.79 Å². The number of piperazine rings is 1. The van der Waals surface area contributed by atoms with Gasteiger partial charge >= 0.3 is 6.03 Å². The SMILES string of the molecule is COC[C@@H](NC(=O)Nc1cc(N)c(C(=N)N2CCN(C)CC2)cn1)c1ccccc1.[HH].[HH].[HH]. The maximum atomic E-state index is 12.5. The van der Waals surface area contributed by atoms with Gasteiger partial charge in [-0.1, -0.05) is 30.3 Å². The van der Waals surface area contributed by atoms with Crippen LogP contribution in [0.15, 0.2) is 42.6 Å². The Morgan fingerprint density at radius 3 is 2.63 bits per heavy atom. The molecule has 3 rings (SSSR count). The Morgan fingerprint density at radius 2 is 2.00 bits per heavy atom. The van der Waals surface area contributed by atoms with Gasteiger partial charge in [-0.05, 0) is 12.6 Å². The highest BCUT2D eigenvalue weighted by molar-refractivity contribution is 6.01. The molecule has 0 aliphatic carbocycles. The normalized spacial score (nSPS) is 15.5. The van der Waals surface area contributed by atoms with Gasteiger partial charge in [-0.25, -0.2) is 9.78 Å². The number of urea groups is 1. The molecule has 0 bridgehead atoms. The van der Waals surface area contributed by atoms with E-state index in [4.69, 9.17) is 15.9 Å². The number of amidine groups is 1. The third-order valence-electron chi connectivity index (χ3n) is 5.09. The number of methoxy groups -OCH3 is 1. The van der Waals surface area contributed by atoms with Crippen molar-refractivity contribution in [3.8, 4) is 0 Å². The van der Waals surface area contributed by atoms with Crippen molar-refractivity contribution in [2.75, 3.05) is 58.0 Å². The molecule has 2 aromatic rings. The van der Waals surface area contributed by atoms with Crippen LogP contribution < -0.4 is 16.4 Å². The lowest BCUT2D eigenvalue weighted by Crippen LogP contribution is -2.47. The van der Waals surface area contributed by atoms with Crippen molar-refractivity contribution in [1.29, 1.82) is 5.41 Å². The summed E-state index contributed by atoms with van der Waals surface area (Å²) in [5.41, 5.74) is 8.07. The van der Waals surface area contributed by atoms with Crippen molar-refractivity contribution in [3.05, 3.63) is 53.7 Å². The number of nitrogens with one attached hydrogen (secondary N) is 3. The molecule has 9 nitrogen and oxygen atoms in total. The van der Waals surface area contributed by atoms with E-state index in [1.807, 2.05) is 35.2 Å². The second kappa shape index (κ2) is 10.0. The van der Waals surface area contributed by atoms with E-state index in [-0.39, 0.29) is 10.3 Å². The van der Waals surface area contributed by atoms with E-state index in [1.54, 1.807) is 13.2 Å². The molecular formula is C21H35N7O2. The highest BCUT2D eigenvalue weighted by Crippen LogP contribution is 2.19. The summed E-state index contributed by atoms with van der Waals surface area (Å²) in [6.45, 7) is 3.70. The van der Waals surface area contributed by atoms with Crippen LogP contribution in [0.1, 0.15) is 21.4 Å². The number of amides is 2. The molecule has 0 saturated carbocycles. The number of anilines is 2. The van der Waals surface area contributed by atoms with Crippen molar-refractivity contribution in [2.24, 2.45) is 0 Å². The van der Waals surface area contributed by atoms with Gasteiger partial charge in [0, 0.05) is 55.5 Å². The molecule has 2 heterocycles. The molecule has 166 valence electrons. The monoisotopic (exact) mass is 417 g/mol. The number of carbonyl (C=O) groups is 1. The van der Waals surface area contributed by atoms with Gasteiger partial charge in [-0.15, -0.1) is 0 Å². The van der Waals surface area contributed by atoms with Gasteiger partial charge < -0.3 is 25.6 Å². The molecule has 0 radical (unpaired) electrons. The maximum Gasteiger partial charge on any atom is 0.320 e. The average Bonchev–Trinajstić information content (AvgIpc) is 2.74. The zero-order chi connectivity index (χ0) is 21.5. The van der Waals surface area contributed by atoms with Gasteiger partial charge in [0.2, 0.25) is 0 Å². The Kier molecular flexibility index (Phi) is 7.21. The summed E-state index contributed by atoms with van der Waals surface area (Å²) < 4.78 is 5.23. The van der Waals surface area contributed by atoms with Crippen LogP contribution in [0.3, 0.4) is 0 Å². The minimum Gasteiger partial charge on any atom is -0.398 e. The summed E-state index contributed by atoms with van der Waals surface area (Å²) in [5.74, 6) is 0.678. The van der Waals surface area contributed by atoms with E-state index < -0.39 is 6.03 Å². The number of pyridine rings is 1. The molecule has 5 N–H and O–H groups in total. The predicted octanol–water partition coefficient (Wildman–Crippen LogP) is 2.48. The Morgan fingerprint density at radius 1 is 1.30 bits per heavy atom. The number of rotatable bonds is 6. The fourth-order valence-electron chi connectivity index (χ4n) is 3.32. The van der Waals surface area contributed by atoms with Crippen LogP contribution in [-0.2, 0) is 4.74 Å². The molecule has 1 fully saturated rings. The number of hydrogen-bond acceptors (Lipinski definition) is 6. The molecule has 30 heavy (non-hydrogen) atoms. The molecule has 1 aliphatic heterocycles. The molecular weight excluding hydrogens is 382 g/mol. The first-order chi connectivity index (χ1) is 14.5. The number of nitrogens with zero attached hydrogens (tertiary/aromatic N) is 3. The van der Waals surface area contributed by atoms with Gasteiger partial charge in [-0.2, -0.15) is 0 Å². The third kappa shape index (κ3) is 5.46. The lowest BCUT2D eigenvalue weighted by molar-refractivity contribution is 0.168. The van der Waals surface area contributed by atoms with Crippen molar-refractivity contribution >= 4 is 23.4 Å². The summed E-state index contributed by atoms with van der Waals surface area (Å²) in [4.78, 5) is 21.0. The van der Waals surface area contributed by atoms with Crippen LogP contribution >= 0.6 is 0 Å². The van der Waals surface area contributed by atoms with Gasteiger partial charge in [0.05, 0.1) is 18.2 Å². The zero-order valence-corrected chi connectivity index (χ0v) is 17.4. The van der Waals surface area contributed by atoms with Crippen LogP contribution in [0, 0.1) is 5.41 Å². The van der Waals surface area contributed by atoms with Crippen LogP contribution in [-0.4, -0.2) is 73.6 Å². The Labute approximate surface area is 181 Å². The number of nitrogens with two attached hydrogens (primary N) is 1. The second-order valence-electron chi connectivity index (χ2n) is 7.31. The summed E-state index contributed by atoms with van der Waals surface area (Å²) in [5, 5.41) is 14.0. The molecule has 1 aliphatic rings. The first-order valence-electron chi connectivity index (χ1n) is 9.87. The van der Waals surface area contributed by atoms with Crippen LogP contribution in [0.25, 0.3) is 0 Å². The van der Waals surface area contributed by atoms with E-state index in [1.165, 1.54) is 6.20 Å². The number of carbonyl (C=O) groups excluding carboxylic acids is 1. The largest absolute Gasteiger partial charge is 0.398 e. The predicted molar refractivity (Wildman–Crippen MR) is 124 cm³/mol. The first-order valence-corrected chi connectivity index (χ1v) is 9.87. The molecule has 9 heteroatoms. The van der Waals surface area contributed by atoms with Crippen molar-refractivity contribution in [2.45, 2.75) is 6.04 Å². The Balaban J connectivity index is 0.00000341. The summed E-state index contributed by atoms with van der Waals surface area (Å²) >= 11 is 0. The molecule has 1 saturated heterocycles. The smallest absolute Gasteiger partial charge is 0.320 e. The molecule has 1 atom stereocenters. The lowest BCUT2D eigenvalue weighted by atomic mass is 10.1. The first kappa shape index (κ1) is 21.5. The number of hydrogen-bond donors (Lipinski definition) is 4. The standard InChI is InChI=1S/C21H29N7O2.3H2/c1-27-8-10-28(11-9-27)20(23)16-13-24-19(12-17(16)22)26-21(29)25-18(14-30-2)15-6-4-3-5-7-15;;;/h3-7,12-13,18,23H,8-11,14H2,1-2H3,(H4,22,24,25,26,29);3*1H/t18-;;;/m1.../s1. The molecule has 2 amide bonds. The zero-order valence-electron chi connectivity index (χ0n) is 17.4. The highest BCUT2D eigenvalue weighted by Gasteiger charge is 2.20. The van der Waals surface area contributed by atoms with E-state index >= 15 is 0 Å². The maximum absolute atomic E-state index is 12.5. The van der Waals surface area contributed by atoms with Crippen LogP contribution in [0.2, 0.25) is 0 Å². The number of aromatic nitrogens is 1. The summed E-state index contributed by atoms with van der Waals surface area (Å²) in [7, 11) is 3.66. The van der Waals surface area contributed by atoms with Crippen LogP contribution in [0.5, 0.6) is 0 Å². The molecule has 1 aromatic heterocycles. The van der Waals surface area contributed by atoms with Gasteiger partial charge in [0.15, 0.2) is 0 Å². The minimum absolute atomic E-state index is 0. The van der Waals surface area contributed by atoms with Crippen molar-refractivity contribution in [3.63, 3.8) is 0 Å². The van der Waals surface area contributed by atoms with Gasteiger partial charge in [-0.3, -0.25) is 10.7 Å². The number of benzene rings is 1. The summed E-state index contributed by atoms with van der Waals surface area (Å²) in [6, 6.07) is 10.5. The Bertz CT molecular complexity index is 881. The number of ether oxygens (including phenoxy) is 1. The van der Waals surface area contributed by atoms with Gasteiger partial charge in [0.25, 0.3) is 0 Å². The third-order valence-corrected chi connectivity index (χ3v) is 5.09. The van der Waals surface area contributed by atoms with E-state index in [0.29, 0.717) is 29.5 Å². The van der Waals surface area contributed by atoms with E-state index in [2.05, 4.69) is 27.6 Å². The number of likely N-dealkylation sites (N-methyl/N-ethyl adjacent to an activating group) is 1. The van der Waals surface area contributed by atoms with Crippen LogP contribution in [0.4, 0.5) is 16.3 Å². The van der Waals surface area contributed by atoms with Crippen molar-refractivity contribution in [1.82, 2.24) is 20.1 Å². The topological polar surface area (TPSA) is 120 Å². The van der Waals surface area contributed by atoms with E-state index in [0.717, 1.165) is 31.7 Å².